The first kappa shape index (κ1) is 12.5. The van der Waals surface area contributed by atoms with Crippen LogP contribution in [0.4, 0.5) is 0 Å². The second kappa shape index (κ2) is 6.85. The Labute approximate surface area is 96.0 Å². The molecule has 0 aliphatic rings. The predicted octanol–water partition coefficient (Wildman–Crippen LogP) is 0.921. The maximum absolute atomic E-state index is 10.9. The molecular formula is C12H18N2O2. The fourth-order valence-electron chi connectivity index (χ4n) is 1.30. The standard InChI is InChI=1S/C12H18N2O2/c1-13-12(15)7-8-14-9-10-3-5-11(16-2)6-4-10/h3-6,14H,7-9H2,1-2H3,(H,13,15). The zero-order valence-electron chi connectivity index (χ0n) is 9.75. The molecule has 1 rings (SSSR count). The molecule has 0 aromatic heterocycles. The molecule has 0 aliphatic carbocycles. The van der Waals surface area contributed by atoms with Gasteiger partial charge in [0.05, 0.1) is 7.11 Å². The quantitative estimate of drug-likeness (QED) is 0.704. The maximum Gasteiger partial charge on any atom is 0.221 e. The van der Waals surface area contributed by atoms with Crippen LogP contribution in [0, 0.1) is 0 Å². The van der Waals surface area contributed by atoms with E-state index in [0.717, 1.165) is 12.3 Å². The highest BCUT2D eigenvalue weighted by Crippen LogP contribution is 2.10. The van der Waals surface area contributed by atoms with E-state index in [1.54, 1.807) is 14.2 Å². The average molecular weight is 222 g/mol. The highest BCUT2D eigenvalue weighted by molar-refractivity contribution is 5.75. The Morgan fingerprint density at radius 3 is 2.56 bits per heavy atom. The van der Waals surface area contributed by atoms with Gasteiger partial charge in [-0.15, -0.1) is 0 Å². The summed E-state index contributed by atoms with van der Waals surface area (Å²) in [6, 6.07) is 7.86. The lowest BCUT2D eigenvalue weighted by molar-refractivity contribution is -0.120. The molecule has 0 fully saturated rings. The van der Waals surface area contributed by atoms with Gasteiger partial charge in [-0.1, -0.05) is 12.1 Å². The molecule has 0 aliphatic heterocycles. The number of carbonyl (C=O) groups is 1. The minimum Gasteiger partial charge on any atom is -0.497 e. The summed E-state index contributed by atoms with van der Waals surface area (Å²) in [6.07, 6.45) is 0.507. The van der Waals surface area contributed by atoms with Crippen LogP contribution in [-0.2, 0) is 11.3 Å². The molecule has 0 heterocycles. The third-order valence-electron chi connectivity index (χ3n) is 2.30. The number of hydrogen-bond acceptors (Lipinski definition) is 3. The summed E-state index contributed by atoms with van der Waals surface area (Å²) in [5.41, 5.74) is 1.18. The van der Waals surface area contributed by atoms with Gasteiger partial charge in [0.1, 0.15) is 5.75 Å². The molecule has 4 heteroatoms. The third-order valence-corrected chi connectivity index (χ3v) is 2.30. The van der Waals surface area contributed by atoms with Crippen molar-refractivity contribution >= 4 is 5.91 Å². The van der Waals surface area contributed by atoms with Gasteiger partial charge < -0.3 is 15.4 Å². The number of hydrogen-bond donors (Lipinski definition) is 2. The molecule has 1 aromatic carbocycles. The van der Waals surface area contributed by atoms with Gasteiger partial charge in [-0.2, -0.15) is 0 Å². The molecule has 88 valence electrons. The minimum atomic E-state index is 0.0576. The lowest BCUT2D eigenvalue weighted by Gasteiger charge is -2.05. The van der Waals surface area contributed by atoms with Crippen LogP contribution in [0.25, 0.3) is 0 Å². The number of benzene rings is 1. The monoisotopic (exact) mass is 222 g/mol. The first-order valence-electron chi connectivity index (χ1n) is 5.30. The molecule has 16 heavy (non-hydrogen) atoms. The summed E-state index contributed by atoms with van der Waals surface area (Å²) in [5.74, 6) is 0.913. The normalized spacial score (nSPS) is 9.88. The molecule has 4 nitrogen and oxygen atoms in total. The molecule has 0 unspecified atom stereocenters. The van der Waals surface area contributed by atoms with Crippen molar-refractivity contribution in [3.63, 3.8) is 0 Å². The van der Waals surface area contributed by atoms with E-state index < -0.39 is 0 Å². The van der Waals surface area contributed by atoms with Crippen LogP contribution in [-0.4, -0.2) is 26.6 Å². The molecule has 0 saturated heterocycles. The van der Waals surface area contributed by atoms with Gasteiger partial charge in [-0.25, -0.2) is 0 Å². The van der Waals surface area contributed by atoms with Crippen molar-refractivity contribution < 1.29 is 9.53 Å². The fourth-order valence-corrected chi connectivity index (χ4v) is 1.30. The van der Waals surface area contributed by atoms with Crippen molar-refractivity contribution in [1.29, 1.82) is 0 Å². The van der Waals surface area contributed by atoms with Crippen LogP contribution in [0.3, 0.4) is 0 Å². The Hall–Kier alpha value is -1.55. The predicted molar refractivity (Wildman–Crippen MR) is 63.4 cm³/mol. The van der Waals surface area contributed by atoms with Crippen LogP contribution in [0.2, 0.25) is 0 Å². The topological polar surface area (TPSA) is 50.4 Å². The average Bonchev–Trinajstić information content (AvgIpc) is 2.35. The molecule has 2 N–H and O–H groups in total. The number of rotatable bonds is 6. The van der Waals surface area contributed by atoms with E-state index in [9.17, 15) is 4.79 Å². The maximum atomic E-state index is 10.9. The third kappa shape index (κ3) is 4.31. The van der Waals surface area contributed by atoms with Crippen LogP contribution in [0.15, 0.2) is 24.3 Å². The van der Waals surface area contributed by atoms with Gasteiger partial charge in [0.25, 0.3) is 0 Å². The van der Waals surface area contributed by atoms with E-state index in [-0.39, 0.29) is 5.91 Å². The van der Waals surface area contributed by atoms with Crippen molar-refractivity contribution in [3.8, 4) is 5.75 Å². The highest BCUT2D eigenvalue weighted by Gasteiger charge is 1.97. The van der Waals surface area contributed by atoms with Gasteiger partial charge in [0.15, 0.2) is 0 Å². The summed E-state index contributed by atoms with van der Waals surface area (Å²) < 4.78 is 5.07. The Morgan fingerprint density at radius 1 is 1.31 bits per heavy atom. The van der Waals surface area contributed by atoms with Crippen LogP contribution in [0.5, 0.6) is 5.75 Å². The molecular weight excluding hydrogens is 204 g/mol. The van der Waals surface area contributed by atoms with Crippen molar-refractivity contribution in [2.45, 2.75) is 13.0 Å². The first-order valence-corrected chi connectivity index (χ1v) is 5.30. The molecule has 0 spiro atoms. The number of amides is 1. The van der Waals surface area contributed by atoms with Gasteiger partial charge in [0.2, 0.25) is 5.91 Å². The second-order valence-electron chi connectivity index (χ2n) is 3.45. The molecule has 1 amide bonds. The molecule has 0 atom stereocenters. The van der Waals surface area contributed by atoms with E-state index in [2.05, 4.69) is 10.6 Å². The first-order chi connectivity index (χ1) is 7.76. The minimum absolute atomic E-state index is 0.0576. The number of ether oxygens (including phenoxy) is 1. The van der Waals surface area contributed by atoms with Crippen molar-refractivity contribution in [2.75, 3.05) is 20.7 Å². The fraction of sp³-hybridized carbons (Fsp3) is 0.417. The Morgan fingerprint density at radius 2 is 2.00 bits per heavy atom. The zero-order chi connectivity index (χ0) is 11.8. The number of methoxy groups -OCH3 is 1. The summed E-state index contributed by atoms with van der Waals surface area (Å²) >= 11 is 0. The SMILES string of the molecule is CNC(=O)CCNCc1ccc(OC)cc1. The lowest BCUT2D eigenvalue weighted by atomic mass is 10.2. The van der Waals surface area contributed by atoms with Crippen LogP contribution >= 0.6 is 0 Å². The van der Waals surface area contributed by atoms with E-state index in [4.69, 9.17) is 4.74 Å². The molecule has 0 radical (unpaired) electrons. The van der Waals surface area contributed by atoms with E-state index in [1.807, 2.05) is 24.3 Å². The smallest absolute Gasteiger partial charge is 0.221 e. The van der Waals surface area contributed by atoms with Crippen molar-refractivity contribution in [2.24, 2.45) is 0 Å². The van der Waals surface area contributed by atoms with Crippen molar-refractivity contribution in [3.05, 3.63) is 29.8 Å². The summed E-state index contributed by atoms with van der Waals surface area (Å²) in [5, 5.41) is 5.79. The highest BCUT2D eigenvalue weighted by atomic mass is 16.5. The van der Waals surface area contributed by atoms with Crippen LogP contribution < -0.4 is 15.4 Å². The molecule has 1 aromatic rings. The number of nitrogens with one attached hydrogen (secondary N) is 2. The zero-order valence-corrected chi connectivity index (χ0v) is 9.75. The second-order valence-corrected chi connectivity index (χ2v) is 3.45. The Bertz CT molecular complexity index is 322. The Kier molecular flexibility index (Phi) is 5.36. The van der Waals surface area contributed by atoms with Gasteiger partial charge in [-0.3, -0.25) is 4.79 Å². The lowest BCUT2D eigenvalue weighted by Crippen LogP contribution is -2.24. The Balaban J connectivity index is 2.24. The van der Waals surface area contributed by atoms with E-state index in [1.165, 1.54) is 5.56 Å². The van der Waals surface area contributed by atoms with Crippen molar-refractivity contribution in [1.82, 2.24) is 10.6 Å². The van der Waals surface area contributed by atoms with Gasteiger partial charge in [0, 0.05) is 26.6 Å². The van der Waals surface area contributed by atoms with Gasteiger partial charge in [-0.05, 0) is 17.7 Å². The summed E-state index contributed by atoms with van der Waals surface area (Å²) in [4.78, 5) is 10.9. The summed E-state index contributed by atoms with van der Waals surface area (Å²) in [6.45, 7) is 1.45. The van der Waals surface area contributed by atoms with E-state index >= 15 is 0 Å². The van der Waals surface area contributed by atoms with E-state index in [0.29, 0.717) is 13.0 Å². The molecule has 0 bridgehead atoms. The number of carbonyl (C=O) groups excluding carboxylic acids is 1. The van der Waals surface area contributed by atoms with Crippen LogP contribution in [0.1, 0.15) is 12.0 Å². The molecule has 0 saturated carbocycles. The van der Waals surface area contributed by atoms with Gasteiger partial charge >= 0.3 is 0 Å². The largest absolute Gasteiger partial charge is 0.497 e. The summed E-state index contributed by atoms with van der Waals surface area (Å²) in [7, 11) is 3.29.